The van der Waals surface area contributed by atoms with E-state index in [0.717, 1.165) is 0 Å². The summed E-state index contributed by atoms with van der Waals surface area (Å²) < 4.78 is 5.34. The number of aromatic nitrogens is 3. The number of anilines is 1. The summed E-state index contributed by atoms with van der Waals surface area (Å²) >= 11 is 0. The molecule has 2 aromatic heterocycles. The third kappa shape index (κ3) is 1.59. The molecule has 0 aromatic carbocycles. The van der Waals surface area contributed by atoms with Gasteiger partial charge in [-0.1, -0.05) is 0 Å². The smallest absolute Gasteiger partial charge is 0.228 e. The van der Waals surface area contributed by atoms with Crippen molar-refractivity contribution in [3.63, 3.8) is 0 Å². The molecule has 2 heterocycles. The number of nitrogens with two attached hydrogens (primary N) is 1. The number of fused-ring (bicyclic) bond motifs is 1. The number of aromatic amines is 1. The summed E-state index contributed by atoms with van der Waals surface area (Å²) in [5, 5.41) is 9.81. The van der Waals surface area contributed by atoms with Crippen molar-refractivity contribution in [2.24, 2.45) is 0 Å². The van der Waals surface area contributed by atoms with Gasteiger partial charge in [-0.05, 0) is 6.92 Å². The number of H-pyrrole nitrogens is 1. The van der Waals surface area contributed by atoms with E-state index in [1.807, 2.05) is 6.92 Å². The van der Waals surface area contributed by atoms with Crippen LogP contribution >= 0.6 is 0 Å². The zero-order chi connectivity index (χ0) is 10.8. The van der Waals surface area contributed by atoms with Crippen molar-refractivity contribution in [3.8, 4) is 5.88 Å². The van der Waals surface area contributed by atoms with E-state index in [-0.39, 0.29) is 12.6 Å². The molecule has 0 amide bonds. The summed E-state index contributed by atoms with van der Waals surface area (Å²) in [6.07, 6.45) is 1.67. The Bertz CT molecular complexity index is 480. The quantitative estimate of drug-likeness (QED) is 0.679. The topological polar surface area (TPSA) is 97.0 Å². The van der Waals surface area contributed by atoms with E-state index in [1.54, 1.807) is 6.20 Å². The molecule has 0 radical (unpaired) electrons. The molecule has 0 aliphatic carbocycles. The molecule has 80 valence electrons. The highest BCUT2D eigenvalue weighted by Crippen LogP contribution is 2.26. The van der Waals surface area contributed by atoms with E-state index < -0.39 is 0 Å². The van der Waals surface area contributed by atoms with Gasteiger partial charge in [0.15, 0.2) is 0 Å². The number of aliphatic hydroxyl groups excluding tert-OH is 1. The van der Waals surface area contributed by atoms with Gasteiger partial charge in [0, 0.05) is 11.8 Å². The Morgan fingerprint density at radius 1 is 1.53 bits per heavy atom. The van der Waals surface area contributed by atoms with Crippen LogP contribution < -0.4 is 10.5 Å². The number of nitrogens with zero attached hydrogens (tertiary/aromatic N) is 2. The predicted molar refractivity (Wildman–Crippen MR) is 55.4 cm³/mol. The monoisotopic (exact) mass is 208 g/mol. The minimum Gasteiger partial charge on any atom is -0.477 e. The lowest BCUT2D eigenvalue weighted by molar-refractivity contribution is 0.282. The Balaban J connectivity index is 2.67. The SMILES string of the molecule is CCOc1nc(N)nc2[nH]cc(CO)c12. The van der Waals surface area contributed by atoms with Gasteiger partial charge >= 0.3 is 0 Å². The van der Waals surface area contributed by atoms with Crippen LogP contribution in [0.5, 0.6) is 5.88 Å². The van der Waals surface area contributed by atoms with Crippen LogP contribution in [-0.4, -0.2) is 26.7 Å². The number of nitrogen functional groups attached to an aromatic ring is 1. The molecule has 2 rings (SSSR count). The maximum Gasteiger partial charge on any atom is 0.228 e. The number of nitrogens with one attached hydrogen (secondary N) is 1. The average molecular weight is 208 g/mol. The van der Waals surface area contributed by atoms with E-state index >= 15 is 0 Å². The zero-order valence-corrected chi connectivity index (χ0v) is 8.32. The maximum atomic E-state index is 9.12. The lowest BCUT2D eigenvalue weighted by atomic mass is 10.2. The highest BCUT2D eigenvalue weighted by molar-refractivity contribution is 5.85. The number of aliphatic hydroxyl groups is 1. The molecule has 0 aliphatic rings. The van der Waals surface area contributed by atoms with Crippen molar-refractivity contribution in [2.45, 2.75) is 13.5 Å². The van der Waals surface area contributed by atoms with Crippen molar-refractivity contribution in [2.75, 3.05) is 12.3 Å². The van der Waals surface area contributed by atoms with Gasteiger partial charge in [-0.15, -0.1) is 0 Å². The van der Waals surface area contributed by atoms with Crippen LogP contribution in [0.3, 0.4) is 0 Å². The van der Waals surface area contributed by atoms with Gasteiger partial charge in [-0.25, -0.2) is 0 Å². The molecule has 6 nitrogen and oxygen atoms in total. The molecule has 0 fully saturated rings. The van der Waals surface area contributed by atoms with Crippen molar-refractivity contribution in [1.82, 2.24) is 15.0 Å². The summed E-state index contributed by atoms with van der Waals surface area (Å²) in [6, 6.07) is 0. The Labute approximate surface area is 86.1 Å². The largest absolute Gasteiger partial charge is 0.477 e. The standard InChI is InChI=1S/C9H12N4O2/c1-2-15-8-6-5(4-14)3-11-7(6)12-9(10)13-8/h3,14H,2,4H2,1H3,(H3,10,11,12,13). The second-order valence-corrected chi connectivity index (χ2v) is 3.02. The minimum absolute atomic E-state index is 0.0899. The first-order chi connectivity index (χ1) is 7.26. The second kappa shape index (κ2) is 3.74. The lowest BCUT2D eigenvalue weighted by Gasteiger charge is -2.05. The first-order valence-corrected chi connectivity index (χ1v) is 4.63. The Kier molecular flexibility index (Phi) is 2.42. The molecular weight excluding hydrogens is 196 g/mol. The molecule has 0 atom stereocenters. The van der Waals surface area contributed by atoms with Gasteiger partial charge in [0.25, 0.3) is 0 Å². The minimum atomic E-state index is -0.0899. The van der Waals surface area contributed by atoms with Gasteiger partial charge in [0.1, 0.15) is 5.65 Å². The van der Waals surface area contributed by atoms with Crippen LogP contribution in [0.4, 0.5) is 5.95 Å². The fourth-order valence-electron chi connectivity index (χ4n) is 1.44. The number of ether oxygens (including phenoxy) is 1. The Morgan fingerprint density at radius 2 is 2.33 bits per heavy atom. The third-order valence-corrected chi connectivity index (χ3v) is 2.05. The molecule has 0 aliphatic heterocycles. The van der Waals surface area contributed by atoms with E-state index in [0.29, 0.717) is 29.1 Å². The Morgan fingerprint density at radius 3 is 3.00 bits per heavy atom. The van der Waals surface area contributed by atoms with E-state index in [9.17, 15) is 0 Å². The van der Waals surface area contributed by atoms with Gasteiger partial charge in [0.2, 0.25) is 11.8 Å². The summed E-state index contributed by atoms with van der Waals surface area (Å²) in [5.41, 5.74) is 6.80. The fraction of sp³-hybridized carbons (Fsp3) is 0.333. The van der Waals surface area contributed by atoms with Crippen molar-refractivity contribution < 1.29 is 9.84 Å². The first kappa shape index (κ1) is 9.72. The predicted octanol–water partition coefficient (Wildman–Crippen LogP) is 0.431. The molecule has 4 N–H and O–H groups in total. The van der Waals surface area contributed by atoms with Crippen LogP contribution in [-0.2, 0) is 6.61 Å². The molecule has 0 spiro atoms. The summed E-state index contributed by atoms with van der Waals surface area (Å²) in [4.78, 5) is 10.9. The van der Waals surface area contributed by atoms with Crippen molar-refractivity contribution in [1.29, 1.82) is 0 Å². The average Bonchev–Trinajstić information content (AvgIpc) is 2.61. The summed E-state index contributed by atoms with van der Waals surface area (Å²) in [6.45, 7) is 2.25. The van der Waals surface area contributed by atoms with Crippen LogP contribution in [0.1, 0.15) is 12.5 Å². The van der Waals surface area contributed by atoms with Crippen LogP contribution in [0.15, 0.2) is 6.20 Å². The molecular formula is C9H12N4O2. The normalized spacial score (nSPS) is 10.8. The van der Waals surface area contributed by atoms with Crippen molar-refractivity contribution >= 4 is 17.0 Å². The fourth-order valence-corrected chi connectivity index (χ4v) is 1.44. The summed E-state index contributed by atoms with van der Waals surface area (Å²) in [5.74, 6) is 0.558. The van der Waals surface area contributed by atoms with Crippen LogP contribution in [0.2, 0.25) is 0 Å². The third-order valence-electron chi connectivity index (χ3n) is 2.05. The van der Waals surface area contributed by atoms with Crippen LogP contribution in [0, 0.1) is 0 Å². The molecule has 15 heavy (non-hydrogen) atoms. The molecule has 0 unspecified atom stereocenters. The summed E-state index contributed by atoms with van der Waals surface area (Å²) in [7, 11) is 0. The number of hydrogen-bond donors (Lipinski definition) is 3. The highest BCUT2D eigenvalue weighted by Gasteiger charge is 2.12. The molecule has 0 saturated heterocycles. The van der Waals surface area contributed by atoms with Crippen molar-refractivity contribution in [3.05, 3.63) is 11.8 Å². The number of hydrogen-bond acceptors (Lipinski definition) is 5. The highest BCUT2D eigenvalue weighted by atomic mass is 16.5. The van der Waals surface area contributed by atoms with E-state index in [4.69, 9.17) is 15.6 Å². The van der Waals surface area contributed by atoms with E-state index in [2.05, 4.69) is 15.0 Å². The van der Waals surface area contributed by atoms with Gasteiger partial charge in [-0.2, -0.15) is 9.97 Å². The molecule has 2 aromatic rings. The Hall–Kier alpha value is -1.82. The lowest BCUT2D eigenvalue weighted by Crippen LogP contribution is -2.01. The maximum absolute atomic E-state index is 9.12. The first-order valence-electron chi connectivity index (χ1n) is 4.63. The zero-order valence-electron chi connectivity index (χ0n) is 8.32. The van der Waals surface area contributed by atoms with Gasteiger partial charge in [0.05, 0.1) is 18.6 Å². The second-order valence-electron chi connectivity index (χ2n) is 3.02. The molecule has 6 heteroatoms. The van der Waals surface area contributed by atoms with E-state index in [1.165, 1.54) is 0 Å². The van der Waals surface area contributed by atoms with Gasteiger partial charge < -0.3 is 20.6 Å². The molecule has 0 saturated carbocycles. The van der Waals surface area contributed by atoms with Gasteiger partial charge in [-0.3, -0.25) is 0 Å². The molecule has 0 bridgehead atoms. The van der Waals surface area contributed by atoms with Crippen LogP contribution in [0.25, 0.3) is 11.0 Å². The number of rotatable bonds is 3.